The van der Waals surface area contributed by atoms with Crippen molar-refractivity contribution in [1.82, 2.24) is 14.8 Å². The first-order chi connectivity index (χ1) is 14.7. The monoisotopic (exact) mass is 435 g/mol. The maximum absolute atomic E-state index is 13.5. The van der Waals surface area contributed by atoms with Gasteiger partial charge in [-0.15, -0.1) is 0 Å². The van der Waals surface area contributed by atoms with Gasteiger partial charge < -0.3 is 9.80 Å². The molecule has 1 aliphatic heterocycles. The molecule has 2 aromatic carbocycles. The highest BCUT2D eigenvalue weighted by Gasteiger charge is 2.31. The number of fused-ring (bicyclic) bond motifs is 1. The minimum atomic E-state index is -0.416. The molecule has 0 bridgehead atoms. The van der Waals surface area contributed by atoms with Crippen LogP contribution in [-0.2, 0) is 4.79 Å². The highest BCUT2D eigenvalue weighted by molar-refractivity contribution is 6.30. The maximum Gasteiger partial charge on any atom is 0.254 e. The summed E-state index contributed by atoms with van der Waals surface area (Å²) in [5.74, 6) is 0.0932. The van der Waals surface area contributed by atoms with Crippen molar-refractivity contribution in [3.05, 3.63) is 65.2 Å². The zero-order valence-corrected chi connectivity index (χ0v) is 18.8. The number of piperazine rings is 1. The van der Waals surface area contributed by atoms with Crippen LogP contribution in [0.15, 0.2) is 54.6 Å². The Morgan fingerprint density at radius 3 is 2.16 bits per heavy atom. The van der Waals surface area contributed by atoms with Gasteiger partial charge in [0.2, 0.25) is 5.91 Å². The second-order valence-corrected chi connectivity index (χ2v) is 9.35. The molecule has 31 heavy (non-hydrogen) atoms. The summed E-state index contributed by atoms with van der Waals surface area (Å²) >= 11 is 6.03. The van der Waals surface area contributed by atoms with E-state index in [2.05, 4.69) is 0 Å². The Bertz CT molecular complexity index is 1130. The number of aromatic nitrogens is 1. The van der Waals surface area contributed by atoms with Crippen LogP contribution in [0.3, 0.4) is 0 Å². The number of hydrogen-bond acceptors (Lipinski definition) is 3. The number of para-hydroxylation sites is 1. The first-order valence-corrected chi connectivity index (χ1v) is 10.9. The molecule has 3 aromatic rings. The van der Waals surface area contributed by atoms with Crippen LogP contribution in [0.25, 0.3) is 22.2 Å². The van der Waals surface area contributed by atoms with E-state index in [-0.39, 0.29) is 11.8 Å². The number of carbonyl (C=O) groups is 2. The molecule has 1 saturated heterocycles. The van der Waals surface area contributed by atoms with E-state index in [1.165, 1.54) is 0 Å². The highest BCUT2D eigenvalue weighted by Crippen LogP contribution is 2.27. The summed E-state index contributed by atoms with van der Waals surface area (Å²) in [6, 6.07) is 17.0. The zero-order chi connectivity index (χ0) is 22.2. The molecule has 1 aromatic heterocycles. The third-order valence-electron chi connectivity index (χ3n) is 5.58. The third kappa shape index (κ3) is 4.42. The molecule has 1 aliphatic rings. The minimum Gasteiger partial charge on any atom is -0.339 e. The Hall–Kier alpha value is -2.92. The molecular weight excluding hydrogens is 410 g/mol. The van der Waals surface area contributed by atoms with E-state index in [4.69, 9.17) is 16.6 Å². The van der Waals surface area contributed by atoms with E-state index < -0.39 is 5.41 Å². The average molecular weight is 436 g/mol. The van der Waals surface area contributed by atoms with Crippen molar-refractivity contribution in [2.45, 2.75) is 20.8 Å². The smallest absolute Gasteiger partial charge is 0.254 e. The number of rotatable bonds is 2. The van der Waals surface area contributed by atoms with Crippen molar-refractivity contribution in [2.24, 2.45) is 5.41 Å². The molecule has 4 rings (SSSR count). The summed E-state index contributed by atoms with van der Waals surface area (Å²) in [6.07, 6.45) is 0. The Kier molecular flexibility index (Phi) is 5.71. The van der Waals surface area contributed by atoms with Crippen molar-refractivity contribution < 1.29 is 9.59 Å². The predicted octanol–water partition coefficient (Wildman–Crippen LogP) is 4.89. The van der Waals surface area contributed by atoms with Crippen LogP contribution in [0.5, 0.6) is 0 Å². The van der Waals surface area contributed by atoms with E-state index in [1.807, 2.05) is 85.2 Å². The zero-order valence-electron chi connectivity index (χ0n) is 18.1. The number of pyridine rings is 1. The van der Waals surface area contributed by atoms with E-state index in [0.717, 1.165) is 22.2 Å². The lowest BCUT2D eigenvalue weighted by Crippen LogP contribution is -2.53. The molecule has 0 aliphatic carbocycles. The van der Waals surface area contributed by atoms with Crippen molar-refractivity contribution in [3.8, 4) is 11.3 Å². The van der Waals surface area contributed by atoms with Gasteiger partial charge in [-0.3, -0.25) is 9.59 Å². The number of halogens is 1. The standard InChI is InChI=1S/C25H26ClN3O2/c1-25(2,3)24(31)29-14-12-28(13-15-29)23(30)20-16-22(17-8-10-18(26)11-9-17)27-21-7-5-4-6-19(20)21/h4-11,16H,12-15H2,1-3H3. The summed E-state index contributed by atoms with van der Waals surface area (Å²) in [6.45, 7) is 7.92. The fraction of sp³-hybridized carbons (Fsp3) is 0.320. The van der Waals surface area contributed by atoms with Gasteiger partial charge in [0, 0.05) is 47.6 Å². The van der Waals surface area contributed by atoms with Gasteiger partial charge in [-0.2, -0.15) is 0 Å². The molecule has 2 amide bonds. The minimum absolute atomic E-state index is 0.0309. The van der Waals surface area contributed by atoms with Gasteiger partial charge in [-0.25, -0.2) is 4.98 Å². The predicted molar refractivity (Wildman–Crippen MR) is 124 cm³/mol. The number of benzene rings is 2. The Labute approximate surface area is 187 Å². The topological polar surface area (TPSA) is 53.5 Å². The van der Waals surface area contributed by atoms with E-state index >= 15 is 0 Å². The van der Waals surface area contributed by atoms with E-state index in [1.54, 1.807) is 0 Å². The van der Waals surface area contributed by atoms with Crippen LogP contribution in [-0.4, -0.2) is 52.8 Å². The molecule has 0 N–H and O–H groups in total. The van der Waals surface area contributed by atoms with Gasteiger partial charge in [0.25, 0.3) is 5.91 Å². The lowest BCUT2D eigenvalue weighted by molar-refractivity contribution is -0.140. The van der Waals surface area contributed by atoms with Crippen LogP contribution in [0.1, 0.15) is 31.1 Å². The number of hydrogen-bond donors (Lipinski definition) is 0. The molecule has 0 atom stereocenters. The first kappa shape index (κ1) is 21.3. The van der Waals surface area contributed by atoms with Crippen molar-refractivity contribution >= 4 is 34.3 Å². The summed E-state index contributed by atoms with van der Waals surface area (Å²) in [7, 11) is 0. The van der Waals surface area contributed by atoms with Crippen molar-refractivity contribution in [2.75, 3.05) is 26.2 Å². The largest absolute Gasteiger partial charge is 0.339 e. The van der Waals surface area contributed by atoms with Crippen molar-refractivity contribution in [3.63, 3.8) is 0 Å². The van der Waals surface area contributed by atoms with Crippen LogP contribution in [0, 0.1) is 5.41 Å². The molecule has 0 spiro atoms. The molecule has 0 unspecified atom stereocenters. The van der Waals surface area contributed by atoms with Gasteiger partial charge in [0.05, 0.1) is 16.8 Å². The second-order valence-electron chi connectivity index (χ2n) is 8.91. The molecule has 5 nitrogen and oxygen atoms in total. The van der Waals surface area contributed by atoms with Crippen LogP contribution in [0.4, 0.5) is 0 Å². The van der Waals surface area contributed by atoms with Crippen molar-refractivity contribution in [1.29, 1.82) is 0 Å². The molecule has 160 valence electrons. The fourth-order valence-electron chi connectivity index (χ4n) is 3.88. The lowest BCUT2D eigenvalue weighted by atomic mass is 9.94. The van der Waals surface area contributed by atoms with E-state index in [9.17, 15) is 9.59 Å². The molecule has 6 heteroatoms. The average Bonchev–Trinajstić information content (AvgIpc) is 2.77. The lowest BCUT2D eigenvalue weighted by Gasteiger charge is -2.37. The molecule has 1 fully saturated rings. The van der Waals surface area contributed by atoms with Gasteiger partial charge >= 0.3 is 0 Å². The number of carbonyl (C=O) groups excluding carboxylic acids is 2. The summed E-state index contributed by atoms with van der Waals surface area (Å²) in [4.78, 5) is 34.5. The SMILES string of the molecule is CC(C)(C)C(=O)N1CCN(C(=O)c2cc(-c3ccc(Cl)cc3)nc3ccccc23)CC1. The van der Waals surface area contributed by atoms with Gasteiger partial charge in [0.1, 0.15) is 0 Å². The van der Waals surface area contributed by atoms with Gasteiger partial charge in [-0.1, -0.05) is 62.7 Å². The Morgan fingerprint density at radius 2 is 1.52 bits per heavy atom. The van der Waals surface area contributed by atoms with Gasteiger partial charge in [-0.05, 0) is 24.3 Å². The fourth-order valence-corrected chi connectivity index (χ4v) is 4.00. The maximum atomic E-state index is 13.5. The Balaban J connectivity index is 1.64. The van der Waals surface area contributed by atoms with Gasteiger partial charge in [0.15, 0.2) is 0 Å². The molecule has 0 saturated carbocycles. The van der Waals surface area contributed by atoms with Crippen LogP contribution < -0.4 is 0 Å². The summed E-state index contributed by atoms with van der Waals surface area (Å²) < 4.78 is 0. The van der Waals surface area contributed by atoms with E-state index in [0.29, 0.717) is 36.8 Å². The quantitative estimate of drug-likeness (QED) is 0.576. The van der Waals surface area contributed by atoms with Crippen LogP contribution >= 0.6 is 11.6 Å². The second kappa shape index (κ2) is 8.31. The third-order valence-corrected chi connectivity index (χ3v) is 5.83. The molecular formula is C25H26ClN3O2. The number of amides is 2. The molecule has 2 heterocycles. The first-order valence-electron chi connectivity index (χ1n) is 10.5. The molecule has 0 radical (unpaired) electrons. The normalized spacial score (nSPS) is 14.7. The Morgan fingerprint density at radius 1 is 0.903 bits per heavy atom. The summed E-state index contributed by atoms with van der Waals surface area (Å²) in [5.41, 5.74) is 2.64. The summed E-state index contributed by atoms with van der Waals surface area (Å²) in [5, 5.41) is 1.49. The number of nitrogens with zero attached hydrogens (tertiary/aromatic N) is 3. The highest BCUT2D eigenvalue weighted by atomic mass is 35.5. The van der Waals surface area contributed by atoms with Crippen LogP contribution in [0.2, 0.25) is 5.02 Å².